The van der Waals surface area contributed by atoms with Gasteiger partial charge in [-0.3, -0.25) is 0 Å². The summed E-state index contributed by atoms with van der Waals surface area (Å²) in [5.74, 6) is 0.555. The molecule has 92 valence electrons. The number of hydrogen-bond acceptors (Lipinski definition) is 4. The molecule has 0 amide bonds. The molecule has 2 N–H and O–H groups in total. The summed E-state index contributed by atoms with van der Waals surface area (Å²) in [4.78, 5) is 0. The Balaban J connectivity index is 3.87. The van der Waals surface area contributed by atoms with Crippen LogP contribution >= 0.6 is 0 Å². The van der Waals surface area contributed by atoms with Gasteiger partial charge in [0.1, 0.15) is 9.84 Å². The molecule has 0 spiro atoms. The number of sulfone groups is 1. The molecule has 0 aliphatic carbocycles. The molecule has 0 saturated heterocycles. The predicted molar refractivity (Wildman–Crippen MR) is 62.7 cm³/mol. The smallest absolute Gasteiger partial charge is 0.147 e. The third kappa shape index (κ3) is 10.2. The molecule has 0 saturated carbocycles. The second-order valence-electron chi connectivity index (χ2n) is 4.90. The van der Waals surface area contributed by atoms with Crippen LogP contribution in [0.15, 0.2) is 0 Å². The van der Waals surface area contributed by atoms with Crippen LogP contribution in [0.5, 0.6) is 0 Å². The van der Waals surface area contributed by atoms with Crippen molar-refractivity contribution < 1.29 is 13.5 Å². The normalized spacial score (nSPS) is 16.7. The zero-order chi connectivity index (χ0) is 12.1. The fraction of sp³-hybridized carbons (Fsp3) is 1.00. The first-order valence-corrected chi connectivity index (χ1v) is 7.29. The lowest BCUT2D eigenvalue weighted by atomic mass is 10.0. The van der Waals surface area contributed by atoms with E-state index in [1.807, 2.05) is 0 Å². The van der Waals surface area contributed by atoms with E-state index in [0.29, 0.717) is 12.5 Å². The minimum atomic E-state index is -2.99. The maximum absolute atomic E-state index is 10.9. The third-order valence-electron chi connectivity index (χ3n) is 2.07. The van der Waals surface area contributed by atoms with Crippen molar-refractivity contribution in [3.05, 3.63) is 0 Å². The number of nitrogens with one attached hydrogen (secondary N) is 1. The van der Waals surface area contributed by atoms with Crippen molar-refractivity contribution in [3.8, 4) is 0 Å². The van der Waals surface area contributed by atoms with Gasteiger partial charge in [-0.2, -0.15) is 0 Å². The molecule has 4 nitrogen and oxygen atoms in total. The molecule has 0 aromatic rings. The van der Waals surface area contributed by atoms with Crippen molar-refractivity contribution in [1.82, 2.24) is 5.32 Å². The molecule has 0 bridgehead atoms. The van der Waals surface area contributed by atoms with Gasteiger partial charge in [-0.15, -0.1) is 0 Å². The van der Waals surface area contributed by atoms with Crippen LogP contribution in [0.3, 0.4) is 0 Å². The largest absolute Gasteiger partial charge is 0.389 e. The maximum atomic E-state index is 10.9. The van der Waals surface area contributed by atoms with E-state index in [0.717, 1.165) is 6.54 Å². The summed E-state index contributed by atoms with van der Waals surface area (Å²) >= 11 is 0. The highest BCUT2D eigenvalue weighted by molar-refractivity contribution is 7.90. The van der Waals surface area contributed by atoms with Crippen molar-refractivity contribution in [2.24, 2.45) is 5.92 Å². The molecule has 1 atom stereocenters. The van der Waals surface area contributed by atoms with Crippen LogP contribution in [0, 0.1) is 5.92 Å². The zero-order valence-corrected chi connectivity index (χ0v) is 10.9. The molecule has 0 heterocycles. The zero-order valence-electron chi connectivity index (χ0n) is 10.1. The lowest BCUT2D eigenvalue weighted by Crippen LogP contribution is -2.40. The Labute approximate surface area is 93.0 Å². The molecule has 0 aliphatic rings. The van der Waals surface area contributed by atoms with Crippen molar-refractivity contribution in [3.63, 3.8) is 0 Å². The molecule has 5 heteroatoms. The Morgan fingerprint density at radius 2 is 1.93 bits per heavy atom. The average molecular weight is 237 g/mol. The molecule has 0 aromatic carbocycles. The highest BCUT2D eigenvalue weighted by Gasteiger charge is 2.21. The van der Waals surface area contributed by atoms with Crippen LogP contribution in [-0.2, 0) is 9.84 Å². The Bertz CT molecular complexity index is 270. The second kappa shape index (κ2) is 5.82. The Kier molecular flexibility index (Phi) is 5.77. The minimum absolute atomic E-state index is 0.0311. The summed E-state index contributed by atoms with van der Waals surface area (Å²) in [5, 5.41) is 13.0. The fourth-order valence-corrected chi connectivity index (χ4v) is 1.93. The van der Waals surface area contributed by atoms with E-state index in [1.165, 1.54) is 6.26 Å². The van der Waals surface area contributed by atoms with E-state index in [4.69, 9.17) is 0 Å². The summed E-state index contributed by atoms with van der Waals surface area (Å²) in [6.45, 7) is 7.08. The van der Waals surface area contributed by atoms with Crippen LogP contribution in [0.2, 0.25) is 0 Å². The molecule has 0 aliphatic heterocycles. The summed E-state index contributed by atoms with van der Waals surface area (Å²) in [6.07, 6.45) is 1.46. The van der Waals surface area contributed by atoms with Gasteiger partial charge in [-0.1, -0.05) is 13.8 Å². The van der Waals surface area contributed by atoms with Crippen LogP contribution in [-0.4, -0.2) is 44.2 Å². The topological polar surface area (TPSA) is 66.4 Å². The average Bonchev–Trinajstić information content (AvgIpc) is 1.99. The molecular formula is C10H23NO3S. The number of aliphatic hydroxyl groups is 1. The minimum Gasteiger partial charge on any atom is -0.389 e. The summed E-state index contributed by atoms with van der Waals surface area (Å²) < 4.78 is 21.9. The molecule has 0 fully saturated rings. The van der Waals surface area contributed by atoms with Gasteiger partial charge in [0.05, 0.1) is 11.4 Å². The van der Waals surface area contributed by atoms with Crippen LogP contribution in [0.1, 0.15) is 27.2 Å². The molecular weight excluding hydrogens is 214 g/mol. The van der Waals surface area contributed by atoms with E-state index in [1.54, 1.807) is 6.92 Å². The van der Waals surface area contributed by atoms with Gasteiger partial charge >= 0.3 is 0 Å². The van der Waals surface area contributed by atoms with Crippen molar-refractivity contribution in [2.75, 3.05) is 25.1 Å². The van der Waals surface area contributed by atoms with Gasteiger partial charge < -0.3 is 10.4 Å². The number of hydrogen-bond donors (Lipinski definition) is 2. The van der Waals surface area contributed by atoms with E-state index >= 15 is 0 Å². The highest BCUT2D eigenvalue weighted by Crippen LogP contribution is 2.09. The number of rotatable bonds is 7. The molecule has 0 rings (SSSR count). The Hall–Kier alpha value is -0.130. The first kappa shape index (κ1) is 14.9. The van der Waals surface area contributed by atoms with Crippen molar-refractivity contribution >= 4 is 9.84 Å². The predicted octanol–water partition coefficient (Wildman–Crippen LogP) is 0.418. The quantitative estimate of drug-likeness (QED) is 0.673. The highest BCUT2D eigenvalue weighted by atomic mass is 32.2. The fourth-order valence-electron chi connectivity index (χ4n) is 1.12. The van der Waals surface area contributed by atoms with E-state index < -0.39 is 15.4 Å². The first-order chi connectivity index (χ1) is 6.62. The van der Waals surface area contributed by atoms with E-state index in [-0.39, 0.29) is 12.2 Å². The SMILES string of the molecule is CC(C)CNCC(C)(O)CCS(C)(=O)=O. The van der Waals surface area contributed by atoms with Gasteiger partial charge in [0.25, 0.3) is 0 Å². The maximum Gasteiger partial charge on any atom is 0.147 e. The Morgan fingerprint density at radius 1 is 1.40 bits per heavy atom. The van der Waals surface area contributed by atoms with Gasteiger partial charge in [-0.25, -0.2) is 8.42 Å². The van der Waals surface area contributed by atoms with Crippen molar-refractivity contribution in [2.45, 2.75) is 32.8 Å². The monoisotopic (exact) mass is 237 g/mol. The first-order valence-electron chi connectivity index (χ1n) is 5.23. The van der Waals surface area contributed by atoms with Gasteiger partial charge in [-0.05, 0) is 25.8 Å². The van der Waals surface area contributed by atoms with E-state index in [9.17, 15) is 13.5 Å². The van der Waals surface area contributed by atoms with E-state index in [2.05, 4.69) is 19.2 Å². The van der Waals surface area contributed by atoms with Crippen LogP contribution in [0.25, 0.3) is 0 Å². The summed E-state index contributed by atoms with van der Waals surface area (Å²) in [7, 11) is -2.99. The molecule has 15 heavy (non-hydrogen) atoms. The summed E-state index contributed by atoms with van der Waals surface area (Å²) in [5.41, 5.74) is -0.946. The molecule has 0 aromatic heterocycles. The lowest BCUT2D eigenvalue weighted by molar-refractivity contribution is 0.0561. The summed E-state index contributed by atoms with van der Waals surface area (Å²) in [6, 6.07) is 0. The van der Waals surface area contributed by atoms with Crippen LogP contribution < -0.4 is 5.32 Å². The standard InChI is InChI=1S/C10H23NO3S/c1-9(2)7-11-8-10(3,12)5-6-15(4,13)14/h9,11-12H,5-8H2,1-4H3. The third-order valence-corrected chi connectivity index (χ3v) is 3.02. The molecule has 0 radical (unpaired) electrons. The molecule has 1 unspecified atom stereocenters. The van der Waals surface area contributed by atoms with Gasteiger partial charge in [0, 0.05) is 12.8 Å². The lowest BCUT2D eigenvalue weighted by Gasteiger charge is -2.23. The van der Waals surface area contributed by atoms with Crippen molar-refractivity contribution in [1.29, 1.82) is 0 Å². The Morgan fingerprint density at radius 3 is 2.33 bits per heavy atom. The van der Waals surface area contributed by atoms with Gasteiger partial charge in [0.2, 0.25) is 0 Å². The van der Waals surface area contributed by atoms with Crippen LogP contribution in [0.4, 0.5) is 0 Å². The van der Waals surface area contributed by atoms with Gasteiger partial charge in [0.15, 0.2) is 0 Å². The second-order valence-corrected chi connectivity index (χ2v) is 7.16.